The number of hydrogen-bond donors (Lipinski definition) is 1. The molecule has 11 heavy (non-hydrogen) atoms. The van der Waals surface area contributed by atoms with Gasteiger partial charge in [0.1, 0.15) is 5.60 Å². The molecule has 0 bridgehead atoms. The molecule has 2 nitrogen and oxygen atoms in total. The molecular formula is C8H13ClO2. The smallest absolute Gasteiger partial charge is 0.111 e. The molecule has 3 heteroatoms. The van der Waals surface area contributed by atoms with Crippen LogP contribution in [0.4, 0.5) is 0 Å². The highest BCUT2D eigenvalue weighted by atomic mass is 35.5. The molecule has 0 spiro atoms. The predicted molar refractivity (Wildman–Crippen MR) is 44.6 cm³/mol. The minimum Gasteiger partial charge on any atom is -0.393 e. The van der Waals surface area contributed by atoms with Crippen LogP contribution in [0.1, 0.15) is 19.8 Å². The topological polar surface area (TPSA) is 29.5 Å². The van der Waals surface area contributed by atoms with Crippen molar-refractivity contribution in [2.75, 3.05) is 6.61 Å². The van der Waals surface area contributed by atoms with Crippen LogP contribution in [-0.2, 0) is 4.74 Å². The third kappa shape index (κ3) is 1.95. The summed E-state index contributed by atoms with van der Waals surface area (Å²) in [6, 6.07) is 0. The zero-order chi connectivity index (χ0) is 8.32. The second kappa shape index (κ2) is 3.57. The lowest BCUT2D eigenvalue weighted by molar-refractivity contribution is -0.0340. The van der Waals surface area contributed by atoms with Gasteiger partial charge in [-0.1, -0.05) is 11.6 Å². The van der Waals surface area contributed by atoms with Gasteiger partial charge in [-0.05, 0) is 25.8 Å². The van der Waals surface area contributed by atoms with E-state index < -0.39 is 5.60 Å². The fourth-order valence-electron chi connectivity index (χ4n) is 1.37. The third-order valence-corrected chi connectivity index (χ3v) is 2.17. The Balaban J connectivity index is 2.62. The number of rotatable bonds is 2. The van der Waals surface area contributed by atoms with E-state index in [2.05, 4.69) is 0 Å². The highest BCUT2D eigenvalue weighted by Crippen LogP contribution is 2.31. The second-order valence-electron chi connectivity index (χ2n) is 2.98. The summed E-state index contributed by atoms with van der Waals surface area (Å²) in [5.74, 6) is 0. The van der Waals surface area contributed by atoms with Gasteiger partial charge in [-0.2, -0.15) is 0 Å². The van der Waals surface area contributed by atoms with Gasteiger partial charge in [0.2, 0.25) is 0 Å². The molecule has 1 N–H and O–H groups in total. The largest absolute Gasteiger partial charge is 0.393 e. The van der Waals surface area contributed by atoms with E-state index in [1.54, 1.807) is 6.08 Å². The van der Waals surface area contributed by atoms with Crippen molar-refractivity contribution in [3.63, 3.8) is 0 Å². The molecule has 1 saturated heterocycles. The maximum Gasteiger partial charge on any atom is 0.111 e. The van der Waals surface area contributed by atoms with Gasteiger partial charge in [0, 0.05) is 5.54 Å². The minimum atomic E-state index is -0.499. The Morgan fingerprint density at radius 3 is 2.91 bits per heavy atom. The van der Waals surface area contributed by atoms with Crippen LogP contribution in [0.3, 0.4) is 0 Å². The van der Waals surface area contributed by atoms with Gasteiger partial charge in [-0.3, -0.25) is 0 Å². The van der Waals surface area contributed by atoms with Gasteiger partial charge in [-0.15, -0.1) is 0 Å². The third-order valence-electron chi connectivity index (χ3n) is 2.04. The van der Waals surface area contributed by atoms with Gasteiger partial charge in [0.25, 0.3) is 0 Å². The number of aliphatic hydroxyl groups is 1. The molecule has 1 rings (SSSR count). The molecule has 0 aromatic rings. The maximum absolute atomic E-state index is 9.03. The first-order valence-electron chi connectivity index (χ1n) is 3.79. The minimum absolute atomic E-state index is 0.0144. The van der Waals surface area contributed by atoms with Crippen molar-refractivity contribution in [2.45, 2.75) is 31.5 Å². The fraction of sp³-hybridized carbons (Fsp3) is 0.750. The van der Waals surface area contributed by atoms with Gasteiger partial charge in [-0.25, -0.2) is 0 Å². The number of halogens is 1. The summed E-state index contributed by atoms with van der Waals surface area (Å²) in [4.78, 5) is 0. The summed E-state index contributed by atoms with van der Waals surface area (Å²) in [5, 5.41) is 9.03. The average molecular weight is 177 g/mol. The quantitative estimate of drug-likeness (QED) is 0.694. The molecule has 0 aliphatic carbocycles. The monoisotopic (exact) mass is 176 g/mol. The second-order valence-corrected chi connectivity index (χ2v) is 3.23. The van der Waals surface area contributed by atoms with Gasteiger partial charge < -0.3 is 9.84 Å². The number of aliphatic hydroxyl groups excluding tert-OH is 1. The summed E-state index contributed by atoms with van der Waals surface area (Å²) in [6.45, 7) is 2.01. The summed E-state index contributed by atoms with van der Waals surface area (Å²) in [7, 11) is 0. The lowest BCUT2D eigenvalue weighted by Crippen LogP contribution is -2.30. The molecule has 0 aromatic carbocycles. The first kappa shape index (κ1) is 9.04. The van der Waals surface area contributed by atoms with Gasteiger partial charge in [0.05, 0.1) is 12.7 Å². The average Bonchev–Trinajstić information content (AvgIpc) is 2.34. The van der Waals surface area contributed by atoms with Crippen LogP contribution in [0.5, 0.6) is 0 Å². The van der Waals surface area contributed by atoms with Crippen molar-refractivity contribution in [2.24, 2.45) is 0 Å². The lowest BCUT2D eigenvalue weighted by Gasteiger charge is -2.22. The molecule has 0 radical (unpaired) electrons. The van der Waals surface area contributed by atoms with E-state index >= 15 is 0 Å². The molecule has 1 aliphatic rings. The van der Waals surface area contributed by atoms with Gasteiger partial charge >= 0.3 is 0 Å². The van der Waals surface area contributed by atoms with Crippen molar-refractivity contribution in [1.82, 2.24) is 0 Å². The zero-order valence-electron chi connectivity index (χ0n) is 6.59. The number of ether oxygens (including phenoxy) is 1. The first-order valence-corrected chi connectivity index (χ1v) is 4.23. The van der Waals surface area contributed by atoms with Crippen LogP contribution in [0.15, 0.2) is 11.6 Å². The SMILES string of the molecule is C[C@H]1CC[C@@](C=CCl)(CO)O1. The van der Waals surface area contributed by atoms with E-state index in [0.717, 1.165) is 12.8 Å². The molecule has 64 valence electrons. The molecule has 2 atom stereocenters. The van der Waals surface area contributed by atoms with Crippen LogP contribution in [0.25, 0.3) is 0 Å². The van der Waals surface area contributed by atoms with E-state index in [0.29, 0.717) is 0 Å². The number of hydrogen-bond acceptors (Lipinski definition) is 2. The van der Waals surface area contributed by atoms with Crippen molar-refractivity contribution in [3.05, 3.63) is 11.6 Å². The van der Waals surface area contributed by atoms with Crippen molar-refractivity contribution < 1.29 is 9.84 Å². The van der Waals surface area contributed by atoms with Gasteiger partial charge in [0.15, 0.2) is 0 Å². The Labute approximate surface area is 71.8 Å². The first-order chi connectivity index (χ1) is 5.22. The summed E-state index contributed by atoms with van der Waals surface area (Å²) >= 11 is 5.43. The Kier molecular flexibility index (Phi) is 2.93. The molecule has 0 saturated carbocycles. The Morgan fingerprint density at radius 2 is 2.55 bits per heavy atom. The maximum atomic E-state index is 9.03. The molecule has 0 aromatic heterocycles. The van der Waals surface area contributed by atoms with Crippen molar-refractivity contribution in [1.29, 1.82) is 0 Å². The van der Waals surface area contributed by atoms with E-state index in [1.165, 1.54) is 5.54 Å². The molecule has 1 fully saturated rings. The summed E-state index contributed by atoms with van der Waals surface area (Å²) in [6.07, 6.45) is 3.79. The highest BCUT2D eigenvalue weighted by molar-refractivity contribution is 6.25. The van der Waals surface area contributed by atoms with Crippen LogP contribution in [0, 0.1) is 0 Å². The molecule has 0 unspecified atom stereocenters. The molecule has 0 amide bonds. The van der Waals surface area contributed by atoms with E-state index in [1.807, 2.05) is 6.92 Å². The standard InChI is InChI=1S/C8H13ClO2/c1-7-2-3-8(6-10,11-7)4-5-9/h4-5,7,10H,2-3,6H2,1H3/t7-,8+/m0/s1. The van der Waals surface area contributed by atoms with Crippen LogP contribution in [-0.4, -0.2) is 23.4 Å². The fourth-order valence-corrected chi connectivity index (χ4v) is 1.60. The summed E-state index contributed by atoms with van der Waals surface area (Å²) in [5.41, 5.74) is 0.912. The Hall–Kier alpha value is -0.0500. The van der Waals surface area contributed by atoms with E-state index in [-0.39, 0.29) is 12.7 Å². The van der Waals surface area contributed by atoms with Crippen molar-refractivity contribution >= 4 is 11.6 Å². The van der Waals surface area contributed by atoms with E-state index in [4.69, 9.17) is 21.4 Å². The predicted octanol–water partition coefficient (Wildman–Crippen LogP) is 1.67. The Morgan fingerprint density at radius 1 is 1.82 bits per heavy atom. The Bertz CT molecular complexity index is 158. The van der Waals surface area contributed by atoms with E-state index in [9.17, 15) is 0 Å². The summed E-state index contributed by atoms with van der Waals surface area (Å²) < 4.78 is 5.52. The normalized spacial score (nSPS) is 38.6. The lowest BCUT2D eigenvalue weighted by atomic mass is 10.0. The van der Waals surface area contributed by atoms with Crippen LogP contribution < -0.4 is 0 Å². The molecule has 1 heterocycles. The van der Waals surface area contributed by atoms with Crippen LogP contribution in [0.2, 0.25) is 0 Å². The van der Waals surface area contributed by atoms with Crippen LogP contribution >= 0.6 is 11.6 Å². The molecular weight excluding hydrogens is 164 g/mol. The zero-order valence-corrected chi connectivity index (χ0v) is 7.34. The van der Waals surface area contributed by atoms with Crippen molar-refractivity contribution in [3.8, 4) is 0 Å². The molecule has 1 aliphatic heterocycles. The highest BCUT2D eigenvalue weighted by Gasteiger charge is 2.35.